The van der Waals surface area contributed by atoms with Crippen LogP contribution in [0.5, 0.6) is 5.75 Å². The van der Waals surface area contributed by atoms with Crippen LogP contribution in [-0.2, 0) is 10.0 Å². The van der Waals surface area contributed by atoms with Crippen molar-refractivity contribution in [2.75, 3.05) is 12.4 Å². The fourth-order valence-corrected chi connectivity index (χ4v) is 5.22. The Hall–Kier alpha value is -2.09. The third kappa shape index (κ3) is 5.29. The molecule has 156 valence electrons. The minimum absolute atomic E-state index is 0.0403. The molecule has 2 unspecified atom stereocenters. The van der Waals surface area contributed by atoms with E-state index in [2.05, 4.69) is 17.0 Å². The predicted octanol–water partition coefficient (Wildman–Crippen LogP) is 4.46. The summed E-state index contributed by atoms with van der Waals surface area (Å²) >= 11 is 5.86. The SMILES string of the molecule is COc1ccc(C(=O)Nc2ccc(Cl)cc2)cc1S(=O)(=O)NC1CCCCC1C. The van der Waals surface area contributed by atoms with Crippen molar-refractivity contribution in [1.82, 2.24) is 4.72 Å². The lowest BCUT2D eigenvalue weighted by Gasteiger charge is -2.29. The zero-order valence-electron chi connectivity index (χ0n) is 16.4. The van der Waals surface area contributed by atoms with Crippen molar-refractivity contribution in [3.63, 3.8) is 0 Å². The molecule has 0 aromatic heterocycles. The van der Waals surface area contributed by atoms with E-state index in [0.717, 1.165) is 25.7 Å². The van der Waals surface area contributed by atoms with Crippen molar-refractivity contribution < 1.29 is 17.9 Å². The van der Waals surface area contributed by atoms with E-state index < -0.39 is 15.9 Å². The van der Waals surface area contributed by atoms with Gasteiger partial charge < -0.3 is 10.1 Å². The average Bonchev–Trinajstić information content (AvgIpc) is 2.71. The minimum Gasteiger partial charge on any atom is -0.495 e. The molecular weight excluding hydrogens is 412 g/mol. The van der Waals surface area contributed by atoms with Crippen molar-refractivity contribution in [2.24, 2.45) is 5.92 Å². The first-order chi connectivity index (χ1) is 13.8. The van der Waals surface area contributed by atoms with E-state index in [1.165, 1.54) is 25.3 Å². The smallest absolute Gasteiger partial charge is 0.255 e. The highest BCUT2D eigenvalue weighted by molar-refractivity contribution is 7.89. The van der Waals surface area contributed by atoms with Gasteiger partial charge in [0.25, 0.3) is 5.91 Å². The van der Waals surface area contributed by atoms with Gasteiger partial charge in [-0.3, -0.25) is 4.79 Å². The lowest BCUT2D eigenvalue weighted by molar-refractivity contribution is 0.102. The third-order valence-corrected chi connectivity index (χ3v) is 7.00. The standard InChI is InChI=1S/C21H25ClN2O4S/c1-14-5-3-4-6-18(14)24-29(26,27)20-13-15(7-12-19(20)28-2)21(25)23-17-10-8-16(22)9-11-17/h7-14,18,24H,3-6H2,1-2H3,(H,23,25). The van der Waals surface area contributed by atoms with Crippen LogP contribution < -0.4 is 14.8 Å². The number of hydrogen-bond donors (Lipinski definition) is 2. The summed E-state index contributed by atoms with van der Waals surface area (Å²) in [6.07, 6.45) is 3.91. The predicted molar refractivity (Wildman–Crippen MR) is 114 cm³/mol. The van der Waals surface area contributed by atoms with E-state index in [1.54, 1.807) is 24.3 Å². The van der Waals surface area contributed by atoms with Crippen molar-refractivity contribution in [2.45, 2.75) is 43.5 Å². The number of rotatable bonds is 6. The molecule has 0 bridgehead atoms. The van der Waals surface area contributed by atoms with Gasteiger partial charge in [-0.05, 0) is 61.2 Å². The largest absolute Gasteiger partial charge is 0.495 e. The highest BCUT2D eigenvalue weighted by atomic mass is 35.5. The first kappa shape index (κ1) is 21.6. The van der Waals surface area contributed by atoms with Gasteiger partial charge in [-0.25, -0.2) is 13.1 Å². The van der Waals surface area contributed by atoms with Crippen LogP contribution in [0.25, 0.3) is 0 Å². The van der Waals surface area contributed by atoms with Gasteiger partial charge >= 0.3 is 0 Å². The fraction of sp³-hybridized carbons (Fsp3) is 0.381. The van der Waals surface area contributed by atoms with Gasteiger partial charge in [-0.15, -0.1) is 0 Å². The van der Waals surface area contributed by atoms with E-state index in [-0.39, 0.29) is 28.2 Å². The minimum atomic E-state index is -3.84. The molecule has 0 aliphatic heterocycles. The van der Waals surface area contributed by atoms with E-state index in [9.17, 15) is 13.2 Å². The summed E-state index contributed by atoms with van der Waals surface area (Å²) in [6, 6.07) is 10.9. The molecule has 2 N–H and O–H groups in total. The summed E-state index contributed by atoms with van der Waals surface area (Å²) in [5.74, 6) is 0.0439. The van der Waals surface area contributed by atoms with Gasteiger partial charge in [0, 0.05) is 22.3 Å². The summed E-state index contributed by atoms with van der Waals surface area (Å²) in [5.41, 5.74) is 0.784. The Morgan fingerprint density at radius 2 is 1.79 bits per heavy atom. The molecule has 6 nitrogen and oxygen atoms in total. The maximum Gasteiger partial charge on any atom is 0.255 e. The molecule has 0 spiro atoms. The second-order valence-electron chi connectivity index (χ2n) is 7.32. The Bertz CT molecular complexity index is 977. The number of methoxy groups -OCH3 is 1. The van der Waals surface area contributed by atoms with Gasteiger partial charge in [0.2, 0.25) is 10.0 Å². The molecule has 2 aromatic rings. The Morgan fingerprint density at radius 1 is 1.10 bits per heavy atom. The van der Waals surface area contributed by atoms with Crippen LogP contribution in [0.1, 0.15) is 43.0 Å². The zero-order chi connectivity index (χ0) is 21.0. The lowest BCUT2D eigenvalue weighted by atomic mass is 9.87. The molecule has 2 atom stereocenters. The second kappa shape index (κ2) is 9.15. The molecule has 29 heavy (non-hydrogen) atoms. The Labute approximate surface area is 176 Å². The van der Waals surface area contributed by atoms with Gasteiger partial charge in [0.1, 0.15) is 10.6 Å². The molecular formula is C21H25ClN2O4S. The summed E-state index contributed by atoms with van der Waals surface area (Å²) in [4.78, 5) is 12.6. The molecule has 2 aromatic carbocycles. The van der Waals surface area contributed by atoms with Crippen LogP contribution in [0, 0.1) is 5.92 Å². The van der Waals surface area contributed by atoms with Gasteiger partial charge in [-0.1, -0.05) is 31.4 Å². The van der Waals surface area contributed by atoms with E-state index in [0.29, 0.717) is 10.7 Å². The maximum absolute atomic E-state index is 13.1. The Balaban J connectivity index is 1.85. The van der Waals surface area contributed by atoms with Gasteiger partial charge in [-0.2, -0.15) is 0 Å². The number of amides is 1. The Kier molecular flexibility index (Phi) is 6.82. The first-order valence-electron chi connectivity index (χ1n) is 9.57. The summed E-state index contributed by atoms with van der Waals surface area (Å²) in [5, 5.41) is 3.30. The summed E-state index contributed by atoms with van der Waals surface area (Å²) in [6.45, 7) is 2.06. The quantitative estimate of drug-likeness (QED) is 0.700. The molecule has 0 radical (unpaired) electrons. The number of halogens is 1. The van der Waals surface area contributed by atoms with E-state index >= 15 is 0 Å². The molecule has 0 saturated heterocycles. The van der Waals surface area contributed by atoms with E-state index in [1.807, 2.05) is 0 Å². The molecule has 1 fully saturated rings. The van der Waals surface area contributed by atoms with Crippen molar-refractivity contribution in [3.8, 4) is 5.75 Å². The van der Waals surface area contributed by atoms with Crippen LogP contribution >= 0.6 is 11.6 Å². The summed E-state index contributed by atoms with van der Waals surface area (Å²) in [7, 11) is -2.43. The van der Waals surface area contributed by atoms with Crippen molar-refractivity contribution in [1.29, 1.82) is 0 Å². The van der Waals surface area contributed by atoms with Gasteiger partial charge in [0.15, 0.2) is 0 Å². The lowest BCUT2D eigenvalue weighted by Crippen LogP contribution is -2.41. The summed E-state index contributed by atoms with van der Waals surface area (Å²) < 4.78 is 34.2. The van der Waals surface area contributed by atoms with Crippen LogP contribution in [0.15, 0.2) is 47.4 Å². The number of carbonyl (C=O) groups excluding carboxylic acids is 1. The van der Waals surface area contributed by atoms with Crippen LogP contribution in [-0.4, -0.2) is 27.5 Å². The van der Waals surface area contributed by atoms with Crippen molar-refractivity contribution in [3.05, 3.63) is 53.1 Å². The van der Waals surface area contributed by atoms with Crippen LogP contribution in [0.2, 0.25) is 5.02 Å². The fourth-order valence-electron chi connectivity index (χ4n) is 3.52. The number of ether oxygens (including phenoxy) is 1. The maximum atomic E-state index is 13.1. The molecule has 8 heteroatoms. The first-order valence-corrected chi connectivity index (χ1v) is 11.4. The highest BCUT2D eigenvalue weighted by Gasteiger charge is 2.29. The van der Waals surface area contributed by atoms with E-state index in [4.69, 9.17) is 16.3 Å². The highest BCUT2D eigenvalue weighted by Crippen LogP contribution is 2.29. The molecule has 3 rings (SSSR count). The van der Waals surface area contributed by atoms with Gasteiger partial charge in [0.05, 0.1) is 7.11 Å². The molecule has 1 aliphatic rings. The van der Waals surface area contributed by atoms with Crippen molar-refractivity contribution >= 4 is 33.2 Å². The molecule has 1 saturated carbocycles. The molecule has 1 aliphatic carbocycles. The number of anilines is 1. The normalized spacial score (nSPS) is 19.6. The molecule has 0 heterocycles. The second-order valence-corrected chi connectivity index (χ2v) is 9.44. The average molecular weight is 437 g/mol. The monoisotopic (exact) mass is 436 g/mol. The van der Waals surface area contributed by atoms with Crippen LogP contribution in [0.4, 0.5) is 5.69 Å². The van der Waals surface area contributed by atoms with Crippen LogP contribution in [0.3, 0.4) is 0 Å². The number of nitrogens with one attached hydrogen (secondary N) is 2. The topological polar surface area (TPSA) is 84.5 Å². The number of benzene rings is 2. The number of carbonyl (C=O) groups is 1. The number of hydrogen-bond acceptors (Lipinski definition) is 4. The Morgan fingerprint density at radius 3 is 2.45 bits per heavy atom. The third-order valence-electron chi connectivity index (χ3n) is 5.24. The zero-order valence-corrected chi connectivity index (χ0v) is 18.0. The number of sulfonamides is 1. The molecule has 1 amide bonds.